The van der Waals surface area contributed by atoms with Crippen LogP contribution in [0.1, 0.15) is 31.2 Å². The zero-order valence-electron chi connectivity index (χ0n) is 11.4. The summed E-state index contributed by atoms with van der Waals surface area (Å²) in [4.78, 5) is 11.4. The molecule has 0 N–H and O–H groups in total. The monoisotopic (exact) mass is 300 g/mol. The van der Waals surface area contributed by atoms with Crippen molar-refractivity contribution in [3.05, 3.63) is 34.6 Å². The van der Waals surface area contributed by atoms with Crippen LogP contribution in [0.3, 0.4) is 0 Å². The second-order valence-corrected chi connectivity index (χ2v) is 5.48. The molecule has 0 aromatic heterocycles. The van der Waals surface area contributed by atoms with Crippen molar-refractivity contribution in [1.29, 1.82) is 0 Å². The maximum absolute atomic E-state index is 13.6. The van der Waals surface area contributed by atoms with Crippen molar-refractivity contribution in [2.75, 3.05) is 7.11 Å². The van der Waals surface area contributed by atoms with Crippen molar-refractivity contribution in [2.45, 2.75) is 38.4 Å². The molecular weight excluding hydrogens is 283 g/mol. The van der Waals surface area contributed by atoms with Gasteiger partial charge in [-0.3, -0.25) is 4.79 Å². The van der Waals surface area contributed by atoms with Crippen LogP contribution in [0.2, 0.25) is 5.02 Å². The number of benzene rings is 1. The molecule has 1 saturated carbocycles. The Morgan fingerprint density at radius 1 is 1.35 bits per heavy atom. The molecule has 1 aromatic carbocycles. The first kappa shape index (κ1) is 15.3. The Labute approximate surface area is 123 Å². The van der Waals surface area contributed by atoms with Gasteiger partial charge < -0.3 is 9.47 Å². The SMILES string of the molecule is COC(=O)C1CCC(OCc2ccc(Cl)cc2F)CC1. The fraction of sp³-hybridized carbons (Fsp3) is 0.533. The number of ether oxygens (including phenoxy) is 2. The third kappa shape index (κ3) is 3.93. The molecule has 110 valence electrons. The number of hydrogen-bond donors (Lipinski definition) is 0. The van der Waals surface area contributed by atoms with Gasteiger partial charge in [-0.25, -0.2) is 4.39 Å². The van der Waals surface area contributed by atoms with Crippen LogP contribution in [0.15, 0.2) is 18.2 Å². The highest BCUT2D eigenvalue weighted by atomic mass is 35.5. The minimum Gasteiger partial charge on any atom is -0.469 e. The molecule has 2 rings (SSSR count). The molecule has 1 aliphatic carbocycles. The Morgan fingerprint density at radius 3 is 2.65 bits per heavy atom. The highest BCUT2D eigenvalue weighted by molar-refractivity contribution is 6.30. The van der Waals surface area contributed by atoms with Crippen LogP contribution in [0.4, 0.5) is 4.39 Å². The predicted molar refractivity (Wildman–Crippen MR) is 74.0 cm³/mol. The fourth-order valence-electron chi connectivity index (χ4n) is 2.48. The van der Waals surface area contributed by atoms with E-state index < -0.39 is 0 Å². The third-order valence-corrected chi connectivity index (χ3v) is 3.93. The van der Waals surface area contributed by atoms with Gasteiger partial charge in [0.15, 0.2) is 0 Å². The molecule has 0 aliphatic heterocycles. The van der Waals surface area contributed by atoms with Crippen LogP contribution >= 0.6 is 11.6 Å². The second-order valence-electron chi connectivity index (χ2n) is 5.04. The lowest BCUT2D eigenvalue weighted by Crippen LogP contribution is -2.27. The maximum atomic E-state index is 13.6. The third-order valence-electron chi connectivity index (χ3n) is 3.70. The molecule has 5 heteroatoms. The average Bonchev–Trinajstić information content (AvgIpc) is 2.46. The molecule has 0 radical (unpaired) electrons. The molecule has 0 amide bonds. The number of carbonyl (C=O) groups is 1. The summed E-state index contributed by atoms with van der Waals surface area (Å²) in [6.07, 6.45) is 3.20. The normalized spacial score (nSPS) is 22.6. The quantitative estimate of drug-likeness (QED) is 0.795. The Kier molecular flexibility index (Phi) is 5.38. The Bertz CT molecular complexity index is 470. The van der Waals surface area contributed by atoms with Crippen LogP contribution in [0, 0.1) is 11.7 Å². The standard InChI is InChI=1S/C15H18ClFO3/c1-19-15(18)10-3-6-13(7-4-10)20-9-11-2-5-12(16)8-14(11)17/h2,5,8,10,13H,3-4,6-7,9H2,1H3. The van der Waals surface area contributed by atoms with Crippen LogP contribution < -0.4 is 0 Å². The summed E-state index contributed by atoms with van der Waals surface area (Å²) < 4.78 is 24.0. The first-order valence-corrected chi connectivity index (χ1v) is 7.11. The van der Waals surface area contributed by atoms with Gasteiger partial charge in [-0.15, -0.1) is 0 Å². The summed E-state index contributed by atoms with van der Waals surface area (Å²) in [5.74, 6) is -0.514. The number of rotatable bonds is 4. The van der Waals surface area contributed by atoms with E-state index in [1.54, 1.807) is 12.1 Å². The van der Waals surface area contributed by atoms with E-state index in [1.807, 2.05) is 0 Å². The summed E-state index contributed by atoms with van der Waals surface area (Å²) in [5.41, 5.74) is 0.504. The van der Waals surface area contributed by atoms with Crippen LogP contribution in [0.5, 0.6) is 0 Å². The summed E-state index contributed by atoms with van der Waals surface area (Å²) in [7, 11) is 1.41. The van der Waals surface area contributed by atoms with Crippen molar-refractivity contribution in [1.82, 2.24) is 0 Å². The molecule has 0 unspecified atom stereocenters. The van der Waals surface area contributed by atoms with Crippen LogP contribution in [-0.4, -0.2) is 19.2 Å². The van der Waals surface area contributed by atoms with E-state index in [0.29, 0.717) is 10.6 Å². The zero-order valence-corrected chi connectivity index (χ0v) is 12.2. The largest absolute Gasteiger partial charge is 0.469 e. The first-order chi connectivity index (χ1) is 9.60. The number of halogens is 2. The van der Waals surface area contributed by atoms with Gasteiger partial charge in [0.05, 0.1) is 25.7 Å². The smallest absolute Gasteiger partial charge is 0.308 e. The van der Waals surface area contributed by atoms with E-state index in [9.17, 15) is 9.18 Å². The van der Waals surface area contributed by atoms with Crippen molar-refractivity contribution in [3.8, 4) is 0 Å². The van der Waals surface area contributed by atoms with Gasteiger partial charge in [-0.1, -0.05) is 17.7 Å². The molecule has 1 fully saturated rings. The number of carbonyl (C=O) groups excluding carboxylic acids is 1. The Morgan fingerprint density at radius 2 is 2.05 bits per heavy atom. The van der Waals surface area contributed by atoms with Gasteiger partial charge in [-0.05, 0) is 37.8 Å². The Hall–Kier alpha value is -1.13. The van der Waals surface area contributed by atoms with E-state index in [2.05, 4.69) is 0 Å². The van der Waals surface area contributed by atoms with Crippen molar-refractivity contribution >= 4 is 17.6 Å². The molecule has 20 heavy (non-hydrogen) atoms. The van der Waals surface area contributed by atoms with Crippen molar-refractivity contribution in [2.24, 2.45) is 5.92 Å². The topological polar surface area (TPSA) is 35.5 Å². The average molecular weight is 301 g/mol. The lowest BCUT2D eigenvalue weighted by atomic mass is 9.87. The summed E-state index contributed by atoms with van der Waals surface area (Å²) in [6, 6.07) is 4.57. The molecule has 0 spiro atoms. The first-order valence-electron chi connectivity index (χ1n) is 6.73. The van der Waals surface area contributed by atoms with Crippen molar-refractivity contribution in [3.63, 3.8) is 0 Å². The lowest BCUT2D eigenvalue weighted by molar-refractivity contribution is -0.147. The molecule has 0 atom stereocenters. The molecule has 0 heterocycles. The number of hydrogen-bond acceptors (Lipinski definition) is 3. The molecule has 1 aliphatic rings. The predicted octanol–water partition coefficient (Wildman–Crippen LogP) is 3.73. The molecule has 1 aromatic rings. The van der Waals surface area contributed by atoms with Gasteiger partial charge in [0.25, 0.3) is 0 Å². The second kappa shape index (κ2) is 7.04. The van der Waals surface area contributed by atoms with E-state index in [1.165, 1.54) is 13.2 Å². The van der Waals surface area contributed by atoms with Gasteiger partial charge >= 0.3 is 5.97 Å². The van der Waals surface area contributed by atoms with Crippen LogP contribution in [-0.2, 0) is 20.9 Å². The van der Waals surface area contributed by atoms with Gasteiger partial charge in [0, 0.05) is 10.6 Å². The number of esters is 1. The maximum Gasteiger partial charge on any atom is 0.308 e. The molecular formula is C15H18ClFO3. The van der Waals surface area contributed by atoms with Crippen molar-refractivity contribution < 1.29 is 18.7 Å². The van der Waals surface area contributed by atoms with Gasteiger partial charge in [-0.2, -0.15) is 0 Å². The van der Waals surface area contributed by atoms with E-state index >= 15 is 0 Å². The van der Waals surface area contributed by atoms with Crippen LogP contribution in [0.25, 0.3) is 0 Å². The minimum absolute atomic E-state index is 0.0212. The van der Waals surface area contributed by atoms with Gasteiger partial charge in [0.2, 0.25) is 0 Å². The lowest BCUT2D eigenvalue weighted by Gasteiger charge is -2.27. The minimum atomic E-state index is -0.347. The Balaban J connectivity index is 1.80. The molecule has 3 nitrogen and oxygen atoms in total. The summed E-state index contributed by atoms with van der Waals surface area (Å²) in [6.45, 7) is 0.233. The van der Waals surface area contributed by atoms with E-state index in [4.69, 9.17) is 21.1 Å². The molecule has 0 saturated heterocycles. The molecule has 0 bridgehead atoms. The van der Waals surface area contributed by atoms with E-state index in [0.717, 1.165) is 25.7 Å². The fourth-order valence-corrected chi connectivity index (χ4v) is 2.64. The number of methoxy groups -OCH3 is 1. The summed E-state index contributed by atoms with van der Waals surface area (Å²) >= 11 is 5.70. The highest BCUT2D eigenvalue weighted by Gasteiger charge is 2.27. The summed E-state index contributed by atoms with van der Waals surface area (Å²) in [5, 5.41) is 0.379. The zero-order chi connectivity index (χ0) is 14.5. The van der Waals surface area contributed by atoms with Gasteiger partial charge in [0.1, 0.15) is 5.82 Å². The highest BCUT2D eigenvalue weighted by Crippen LogP contribution is 2.28. The van der Waals surface area contributed by atoms with E-state index in [-0.39, 0.29) is 30.4 Å².